The number of H-pyrrole nitrogens is 1. The highest BCUT2D eigenvalue weighted by molar-refractivity contribution is 7.98. The lowest BCUT2D eigenvalue weighted by Gasteiger charge is -2.09. The Balaban J connectivity index is 1.67. The largest absolute Gasteiger partial charge is 0.395 e. The average Bonchev–Trinajstić information content (AvgIpc) is 3.41. The number of aliphatic hydroxyl groups is 1. The molecule has 2 aromatic heterocycles. The second-order valence-corrected chi connectivity index (χ2v) is 8.67. The quantitative estimate of drug-likeness (QED) is 0.290. The summed E-state index contributed by atoms with van der Waals surface area (Å²) in [5.41, 5.74) is -2.67. The number of carbonyl (C=O) groups is 1. The molecule has 0 saturated carbocycles. The van der Waals surface area contributed by atoms with Gasteiger partial charge < -0.3 is 14.6 Å². The maximum absolute atomic E-state index is 13.2. The van der Waals surface area contributed by atoms with E-state index in [9.17, 15) is 18.7 Å². The van der Waals surface area contributed by atoms with E-state index in [2.05, 4.69) is 32.5 Å². The second kappa shape index (κ2) is 10.4. The van der Waals surface area contributed by atoms with E-state index in [4.69, 9.17) is 4.52 Å². The molecule has 0 spiro atoms. The molecule has 0 bridgehead atoms. The van der Waals surface area contributed by atoms with Crippen LogP contribution in [0.1, 0.15) is 47.2 Å². The van der Waals surface area contributed by atoms with Crippen LogP contribution in [0, 0.1) is 0 Å². The van der Waals surface area contributed by atoms with Crippen molar-refractivity contribution < 1.29 is 23.2 Å². The van der Waals surface area contributed by atoms with Gasteiger partial charge in [-0.3, -0.25) is 9.52 Å². The summed E-state index contributed by atoms with van der Waals surface area (Å²) in [4.78, 5) is 19.8. The Morgan fingerprint density at radius 2 is 2.22 bits per heavy atom. The molecule has 2 unspecified atom stereocenters. The van der Waals surface area contributed by atoms with Crippen molar-refractivity contribution in [2.75, 3.05) is 6.61 Å². The molecule has 2 atom stereocenters. The predicted molar refractivity (Wildman–Crippen MR) is 124 cm³/mol. The number of rotatable bonds is 9. The van der Waals surface area contributed by atoms with Gasteiger partial charge in [-0.1, -0.05) is 51.4 Å². The number of halogens is 2. The molecule has 32 heavy (non-hydrogen) atoms. The molecule has 170 valence electrons. The Hall–Kier alpha value is -2.55. The van der Waals surface area contributed by atoms with Gasteiger partial charge in [-0.15, -0.1) is 0 Å². The Morgan fingerprint density at radius 1 is 1.47 bits per heavy atom. The lowest BCUT2D eigenvalue weighted by Crippen LogP contribution is -2.24. The highest BCUT2D eigenvalue weighted by Gasteiger charge is 2.24. The molecule has 0 aromatic carbocycles. The van der Waals surface area contributed by atoms with Crippen LogP contribution >= 0.6 is 21.2 Å². The minimum atomic E-state index is -3.12. The molecule has 2 heterocycles. The fourth-order valence-corrected chi connectivity index (χ4v) is 3.57. The summed E-state index contributed by atoms with van der Waals surface area (Å²) in [6, 6.07) is 1.77. The van der Waals surface area contributed by atoms with Crippen LogP contribution in [0.15, 0.2) is 41.0 Å². The van der Waals surface area contributed by atoms with Crippen LogP contribution in [0.25, 0.3) is 17.7 Å². The third kappa shape index (κ3) is 5.82. The van der Waals surface area contributed by atoms with Gasteiger partial charge in [0.05, 0.1) is 6.61 Å². The minimum Gasteiger partial charge on any atom is -0.395 e. The molecule has 0 fully saturated rings. The Morgan fingerprint density at radius 3 is 2.88 bits per heavy atom. The van der Waals surface area contributed by atoms with Crippen LogP contribution in [-0.2, 0) is 0 Å². The molecule has 0 radical (unpaired) electrons. The summed E-state index contributed by atoms with van der Waals surface area (Å²) in [7, 11) is 1.42. The molecule has 2 aromatic rings. The second-order valence-electron chi connectivity index (χ2n) is 6.94. The zero-order chi connectivity index (χ0) is 23.3. The van der Waals surface area contributed by atoms with Crippen molar-refractivity contribution in [3.8, 4) is 0 Å². The Labute approximate surface area is 189 Å². The van der Waals surface area contributed by atoms with Crippen molar-refractivity contribution in [1.29, 1.82) is 0 Å². The van der Waals surface area contributed by atoms with Gasteiger partial charge >= 0.3 is 0 Å². The Kier molecular flexibility index (Phi) is 7.82. The first-order valence-corrected chi connectivity index (χ1v) is 11.2. The monoisotopic (exact) mass is 480 g/mol. The van der Waals surface area contributed by atoms with Crippen LogP contribution in [0.3, 0.4) is 0 Å². The fourth-order valence-electron chi connectivity index (χ4n) is 2.84. The van der Waals surface area contributed by atoms with Crippen LogP contribution in [0.5, 0.6) is 0 Å². The summed E-state index contributed by atoms with van der Waals surface area (Å²) >= 11 is 0.938. The van der Waals surface area contributed by atoms with Crippen molar-refractivity contribution >= 4 is 44.8 Å². The number of alkyl halides is 2. The summed E-state index contributed by atoms with van der Waals surface area (Å²) in [6.45, 7) is 4.65. The molecule has 3 N–H and O–H groups in total. The van der Waals surface area contributed by atoms with Gasteiger partial charge in [0.25, 0.3) is 11.6 Å². The smallest absolute Gasteiger partial charge is 0.283 e. The first kappa shape index (κ1) is 24.1. The highest BCUT2D eigenvalue weighted by atomic mass is 32.2. The molecule has 3 rings (SSSR count). The molecule has 0 aliphatic heterocycles. The van der Waals surface area contributed by atoms with E-state index in [0.29, 0.717) is 11.3 Å². The number of aromatic nitrogens is 3. The fraction of sp³-hybridized carbons (Fsp3) is 0.286. The number of fused-ring (bicyclic) bond motifs is 1. The summed E-state index contributed by atoms with van der Waals surface area (Å²) in [6.07, 6.45) is 10.2. The standard InChI is InChI=1S/C21H23F2N4O3PS/c1-3-13(9-8-12(2)21(22,23)31)18-25-20(30-26-18)17(11-28)32-27-19(29)16-10-14-6-4-5-7-15(14)24-16/h3,6-10,17,24,28H,2,4-5,11,31H2,1H3,(H,27,29)/b9-8-,13-3+. The van der Waals surface area contributed by atoms with Gasteiger partial charge in [-0.2, -0.15) is 13.8 Å². The normalized spacial score (nSPS) is 15.1. The van der Waals surface area contributed by atoms with Crippen molar-refractivity contribution in [1.82, 2.24) is 19.8 Å². The first-order chi connectivity index (χ1) is 15.2. The highest BCUT2D eigenvalue weighted by Crippen LogP contribution is 2.31. The lowest BCUT2D eigenvalue weighted by molar-refractivity contribution is 0.0979. The predicted octanol–water partition coefficient (Wildman–Crippen LogP) is 2.85. The Bertz CT molecular complexity index is 1150. The van der Waals surface area contributed by atoms with Gasteiger partial charge in [-0.05, 0) is 43.0 Å². The van der Waals surface area contributed by atoms with Crippen LogP contribution < -0.4 is 15.3 Å². The zero-order valence-electron chi connectivity index (χ0n) is 17.3. The maximum Gasteiger partial charge on any atom is 0.283 e. The maximum atomic E-state index is 13.2. The molecule has 1 aliphatic carbocycles. The zero-order valence-corrected chi connectivity index (χ0v) is 19.2. The number of nitrogens with one attached hydrogen (secondary N) is 2. The average molecular weight is 480 g/mol. The summed E-state index contributed by atoms with van der Waals surface area (Å²) in [5, 5.41) is 14.8. The summed E-state index contributed by atoms with van der Waals surface area (Å²) in [5.74, 6) is -0.103. The van der Waals surface area contributed by atoms with Gasteiger partial charge in [0.15, 0.2) is 0 Å². The van der Waals surface area contributed by atoms with E-state index < -0.39 is 16.5 Å². The van der Waals surface area contributed by atoms with Crippen molar-refractivity contribution in [3.05, 3.63) is 64.4 Å². The van der Waals surface area contributed by atoms with Crippen LogP contribution in [0.4, 0.5) is 8.78 Å². The molecule has 0 saturated heterocycles. The van der Waals surface area contributed by atoms with E-state index in [1.807, 2.05) is 6.08 Å². The van der Waals surface area contributed by atoms with Gasteiger partial charge in [-0.25, -0.2) is 0 Å². The molecule has 7 nitrogen and oxygen atoms in total. The van der Waals surface area contributed by atoms with Crippen LogP contribution in [-0.4, -0.2) is 38.4 Å². The van der Waals surface area contributed by atoms with E-state index >= 15 is 0 Å². The molecule has 1 amide bonds. The number of carbonyl (C=O) groups excluding carboxylic acids is 1. The SMILES string of the molecule is C=C(/C=C\C(=C/C)c1noc(C(CO)SNC(=O)c2cc3c([nH]2)=CCCC=3)n1)C(F)(F)P. The third-order valence-corrected chi connectivity index (χ3v) is 5.95. The van der Waals surface area contributed by atoms with E-state index in [0.717, 1.165) is 35.4 Å². The summed E-state index contributed by atoms with van der Waals surface area (Å²) < 4.78 is 34.4. The number of hydrogen-bond acceptors (Lipinski definition) is 6. The van der Waals surface area contributed by atoms with Gasteiger partial charge in [0.2, 0.25) is 11.7 Å². The van der Waals surface area contributed by atoms with E-state index in [1.54, 1.807) is 19.1 Å². The van der Waals surface area contributed by atoms with Crippen molar-refractivity contribution in [3.63, 3.8) is 0 Å². The number of hydrogen-bond donors (Lipinski definition) is 3. The molecule has 11 heteroatoms. The number of aliphatic hydroxyl groups excluding tert-OH is 1. The number of amides is 1. The van der Waals surface area contributed by atoms with E-state index in [1.165, 1.54) is 21.4 Å². The van der Waals surface area contributed by atoms with Crippen molar-refractivity contribution in [2.45, 2.75) is 30.7 Å². The minimum absolute atomic E-state index is 0.0863. The number of aromatic amines is 1. The molecule has 1 aliphatic rings. The van der Waals surface area contributed by atoms with Gasteiger partial charge in [0.1, 0.15) is 10.9 Å². The molecular weight excluding hydrogens is 457 g/mol. The third-order valence-electron chi connectivity index (χ3n) is 4.64. The topological polar surface area (TPSA) is 104 Å². The van der Waals surface area contributed by atoms with Gasteiger partial charge in [0, 0.05) is 16.5 Å². The van der Waals surface area contributed by atoms with Crippen LogP contribution in [0.2, 0.25) is 0 Å². The molecular formula is C21H23F2N4O3PS. The lowest BCUT2D eigenvalue weighted by atomic mass is 10.2. The van der Waals surface area contributed by atoms with E-state index in [-0.39, 0.29) is 24.2 Å². The first-order valence-electron chi connectivity index (χ1n) is 9.73. The van der Waals surface area contributed by atoms with Crippen molar-refractivity contribution in [2.24, 2.45) is 0 Å². The number of allylic oxidation sites excluding steroid dienone is 5. The number of nitrogens with zero attached hydrogens (tertiary/aromatic N) is 2.